The van der Waals surface area contributed by atoms with Gasteiger partial charge >= 0.3 is 0 Å². The number of nitrogens with one attached hydrogen (secondary N) is 1. The van der Waals surface area contributed by atoms with E-state index in [-0.39, 0.29) is 5.82 Å². The van der Waals surface area contributed by atoms with Crippen LogP contribution >= 0.6 is 31.9 Å². The normalized spacial score (nSPS) is 10.4. The maximum Gasteiger partial charge on any atom is 0.135 e. The largest absolute Gasteiger partial charge is 0.495 e. The Kier molecular flexibility index (Phi) is 4.55. The Morgan fingerprint density at radius 3 is 2.45 bits per heavy atom. The van der Waals surface area contributed by atoms with E-state index in [1.165, 1.54) is 6.07 Å². The van der Waals surface area contributed by atoms with Gasteiger partial charge in [-0.05, 0) is 62.5 Å². The lowest BCUT2D eigenvalue weighted by Crippen LogP contribution is -2.00. The summed E-state index contributed by atoms with van der Waals surface area (Å²) in [6.45, 7) is 1.69. The topological polar surface area (TPSA) is 47.3 Å². The molecular formula is C14H13Br2FN2O. The zero-order valence-electron chi connectivity index (χ0n) is 10.9. The Bertz CT molecular complexity index is 662. The van der Waals surface area contributed by atoms with E-state index >= 15 is 0 Å². The van der Waals surface area contributed by atoms with Crippen molar-refractivity contribution >= 4 is 48.9 Å². The second kappa shape index (κ2) is 6.01. The summed E-state index contributed by atoms with van der Waals surface area (Å²) < 4.78 is 20.3. The fraction of sp³-hybridized carbons (Fsp3) is 0.143. The van der Waals surface area contributed by atoms with Gasteiger partial charge in [0, 0.05) is 10.5 Å². The van der Waals surface area contributed by atoms with Crippen molar-refractivity contribution in [3.05, 3.63) is 44.6 Å². The van der Waals surface area contributed by atoms with Crippen molar-refractivity contribution in [1.82, 2.24) is 0 Å². The number of nitrogen functional groups attached to an aromatic ring is 1. The van der Waals surface area contributed by atoms with Crippen LogP contribution in [-0.4, -0.2) is 7.11 Å². The highest BCUT2D eigenvalue weighted by molar-refractivity contribution is 9.11. The Hall–Kier alpha value is -1.27. The molecule has 0 aliphatic rings. The molecule has 0 bridgehead atoms. The molecule has 2 rings (SSSR count). The molecule has 0 unspecified atom stereocenters. The van der Waals surface area contributed by atoms with E-state index in [2.05, 4.69) is 37.2 Å². The molecule has 106 valence electrons. The van der Waals surface area contributed by atoms with Crippen molar-refractivity contribution in [2.45, 2.75) is 6.92 Å². The van der Waals surface area contributed by atoms with Crippen LogP contribution in [0.25, 0.3) is 0 Å². The molecule has 20 heavy (non-hydrogen) atoms. The predicted octanol–water partition coefficient (Wildman–Crippen LogP) is 4.99. The van der Waals surface area contributed by atoms with E-state index in [0.29, 0.717) is 22.7 Å². The summed E-state index contributed by atoms with van der Waals surface area (Å²) in [5.41, 5.74) is 8.14. The second-order valence-electron chi connectivity index (χ2n) is 4.28. The van der Waals surface area contributed by atoms with Gasteiger partial charge in [-0.25, -0.2) is 4.39 Å². The number of hydrogen-bond acceptors (Lipinski definition) is 3. The summed E-state index contributed by atoms with van der Waals surface area (Å²) in [6.07, 6.45) is 0. The van der Waals surface area contributed by atoms with Gasteiger partial charge in [0.15, 0.2) is 0 Å². The summed E-state index contributed by atoms with van der Waals surface area (Å²) >= 11 is 6.87. The average molecular weight is 404 g/mol. The monoisotopic (exact) mass is 402 g/mol. The minimum atomic E-state index is -0.319. The Morgan fingerprint density at radius 2 is 1.80 bits per heavy atom. The number of benzene rings is 2. The molecule has 0 heterocycles. The van der Waals surface area contributed by atoms with Crippen LogP contribution in [0.4, 0.5) is 21.5 Å². The van der Waals surface area contributed by atoms with Gasteiger partial charge in [-0.3, -0.25) is 0 Å². The quantitative estimate of drug-likeness (QED) is 0.709. The molecular weight excluding hydrogens is 391 g/mol. The van der Waals surface area contributed by atoms with Crippen LogP contribution < -0.4 is 15.8 Å². The Labute approximate surface area is 133 Å². The third kappa shape index (κ3) is 3.07. The van der Waals surface area contributed by atoms with E-state index < -0.39 is 0 Å². The average Bonchev–Trinajstić information content (AvgIpc) is 2.38. The van der Waals surface area contributed by atoms with Crippen LogP contribution in [0.5, 0.6) is 5.75 Å². The third-order valence-electron chi connectivity index (χ3n) is 2.84. The van der Waals surface area contributed by atoms with E-state index in [0.717, 1.165) is 14.6 Å². The summed E-state index contributed by atoms with van der Waals surface area (Å²) in [5, 5.41) is 3.17. The molecule has 0 spiro atoms. The van der Waals surface area contributed by atoms with Crippen molar-refractivity contribution in [2.24, 2.45) is 0 Å². The fourth-order valence-corrected chi connectivity index (χ4v) is 2.99. The molecule has 0 saturated carbocycles. The molecule has 0 aromatic heterocycles. The molecule has 3 N–H and O–H groups in total. The first kappa shape index (κ1) is 15.1. The van der Waals surface area contributed by atoms with Gasteiger partial charge in [0.25, 0.3) is 0 Å². The molecule has 0 radical (unpaired) electrons. The van der Waals surface area contributed by atoms with E-state index in [4.69, 9.17) is 10.5 Å². The number of methoxy groups -OCH3 is 1. The molecule has 6 heteroatoms. The molecule has 0 aliphatic heterocycles. The predicted molar refractivity (Wildman–Crippen MR) is 87.2 cm³/mol. The van der Waals surface area contributed by atoms with Crippen molar-refractivity contribution in [1.29, 1.82) is 0 Å². The molecule has 0 amide bonds. The highest BCUT2D eigenvalue weighted by Crippen LogP contribution is 2.37. The Balaban J connectivity index is 2.42. The molecule has 0 fully saturated rings. The van der Waals surface area contributed by atoms with Crippen LogP contribution in [0.2, 0.25) is 0 Å². The number of aryl methyl sites for hydroxylation is 1. The second-order valence-corrected chi connectivity index (χ2v) is 5.99. The first-order chi connectivity index (χ1) is 9.42. The Morgan fingerprint density at radius 1 is 1.10 bits per heavy atom. The number of hydrogen-bond donors (Lipinski definition) is 2. The molecule has 2 aromatic carbocycles. The minimum absolute atomic E-state index is 0.319. The first-order valence-corrected chi connectivity index (χ1v) is 7.36. The number of nitrogens with two attached hydrogens (primary N) is 1. The van der Waals surface area contributed by atoms with Crippen molar-refractivity contribution in [3.8, 4) is 5.75 Å². The van der Waals surface area contributed by atoms with Crippen LogP contribution in [0.1, 0.15) is 5.56 Å². The number of ether oxygens (including phenoxy) is 1. The van der Waals surface area contributed by atoms with Gasteiger partial charge in [0.05, 0.1) is 28.6 Å². The third-order valence-corrected chi connectivity index (χ3v) is 4.12. The van der Waals surface area contributed by atoms with Gasteiger partial charge in [0.2, 0.25) is 0 Å². The van der Waals surface area contributed by atoms with E-state index in [9.17, 15) is 4.39 Å². The fourth-order valence-electron chi connectivity index (χ4n) is 1.73. The van der Waals surface area contributed by atoms with Crippen molar-refractivity contribution < 1.29 is 9.13 Å². The summed E-state index contributed by atoms with van der Waals surface area (Å²) in [4.78, 5) is 0. The van der Waals surface area contributed by atoms with Gasteiger partial charge in [-0.1, -0.05) is 0 Å². The van der Waals surface area contributed by atoms with Crippen LogP contribution in [-0.2, 0) is 0 Å². The lowest BCUT2D eigenvalue weighted by molar-refractivity contribution is 0.412. The maximum absolute atomic E-state index is 13.4. The zero-order valence-corrected chi connectivity index (χ0v) is 14.1. The van der Waals surface area contributed by atoms with Gasteiger partial charge in [-0.2, -0.15) is 0 Å². The van der Waals surface area contributed by atoms with Crippen LogP contribution in [0.15, 0.2) is 33.2 Å². The van der Waals surface area contributed by atoms with Gasteiger partial charge in [0.1, 0.15) is 11.6 Å². The lowest BCUT2D eigenvalue weighted by atomic mass is 10.1. The SMILES string of the molecule is COc1cc(Nc2cc(C)c(F)cc2N)c(Br)cc1Br. The number of anilines is 3. The minimum Gasteiger partial charge on any atom is -0.495 e. The standard InChI is InChI=1S/C14H13Br2FN2O/c1-7-3-13(11(18)5-10(7)17)19-12-6-14(20-2)9(16)4-8(12)15/h3-6,19H,18H2,1-2H3. The summed E-state index contributed by atoms with van der Waals surface area (Å²) in [7, 11) is 1.59. The lowest BCUT2D eigenvalue weighted by Gasteiger charge is -2.14. The summed E-state index contributed by atoms with van der Waals surface area (Å²) in [5.74, 6) is 0.369. The molecule has 0 aliphatic carbocycles. The molecule has 3 nitrogen and oxygen atoms in total. The highest BCUT2D eigenvalue weighted by Gasteiger charge is 2.10. The van der Waals surface area contributed by atoms with Crippen LogP contribution in [0.3, 0.4) is 0 Å². The number of rotatable bonds is 3. The van der Waals surface area contributed by atoms with Crippen LogP contribution in [0, 0.1) is 12.7 Å². The first-order valence-electron chi connectivity index (χ1n) is 5.78. The molecule has 2 aromatic rings. The van der Waals surface area contributed by atoms with E-state index in [1.54, 1.807) is 20.1 Å². The highest BCUT2D eigenvalue weighted by atomic mass is 79.9. The van der Waals surface area contributed by atoms with Gasteiger partial charge in [-0.15, -0.1) is 0 Å². The van der Waals surface area contributed by atoms with E-state index in [1.807, 2.05) is 12.1 Å². The van der Waals surface area contributed by atoms with Crippen molar-refractivity contribution in [2.75, 3.05) is 18.2 Å². The smallest absolute Gasteiger partial charge is 0.135 e. The summed E-state index contributed by atoms with van der Waals surface area (Å²) in [6, 6.07) is 6.67. The zero-order chi connectivity index (χ0) is 14.9. The number of halogens is 3. The van der Waals surface area contributed by atoms with Gasteiger partial charge < -0.3 is 15.8 Å². The van der Waals surface area contributed by atoms with Crippen molar-refractivity contribution in [3.63, 3.8) is 0 Å². The maximum atomic E-state index is 13.4. The molecule has 0 atom stereocenters. The molecule has 0 saturated heterocycles.